The molecule has 0 unspecified atom stereocenters. The van der Waals surface area contributed by atoms with Gasteiger partial charge < -0.3 is 19.4 Å². The first-order valence-corrected chi connectivity index (χ1v) is 7.85. The van der Waals surface area contributed by atoms with Crippen LogP contribution in [-0.2, 0) is 0 Å². The average molecular weight is 336 g/mol. The molecule has 0 bridgehead atoms. The zero-order valence-corrected chi connectivity index (χ0v) is 13.7. The van der Waals surface area contributed by atoms with Crippen molar-refractivity contribution in [3.63, 3.8) is 0 Å². The van der Waals surface area contributed by atoms with Gasteiger partial charge in [0.2, 0.25) is 11.2 Å². The normalized spacial score (nSPS) is 15.0. The van der Waals surface area contributed by atoms with E-state index in [1.165, 1.54) is 12.1 Å². The molecule has 0 spiro atoms. The monoisotopic (exact) mass is 336 g/mol. The van der Waals surface area contributed by atoms with E-state index in [4.69, 9.17) is 9.15 Å². The number of benzene rings is 2. The summed E-state index contributed by atoms with van der Waals surface area (Å²) in [5.41, 5.74) is 0.627. The molecule has 2 N–H and O–H groups in total. The van der Waals surface area contributed by atoms with E-state index >= 15 is 0 Å². The maximum Gasteiger partial charge on any atom is 0.235 e. The Morgan fingerprint density at radius 3 is 2.48 bits per heavy atom. The van der Waals surface area contributed by atoms with Crippen LogP contribution < -0.4 is 10.2 Å². The molecule has 0 amide bonds. The smallest absolute Gasteiger partial charge is 0.235 e. The summed E-state index contributed by atoms with van der Waals surface area (Å²) in [5.74, 6) is 0.301. The van der Waals surface area contributed by atoms with Crippen LogP contribution in [0.25, 0.3) is 28.4 Å². The minimum atomic E-state index is -0.509. The second-order valence-corrected chi connectivity index (χ2v) is 6.58. The van der Waals surface area contributed by atoms with Crippen LogP contribution in [0.3, 0.4) is 0 Å². The predicted octanol–water partition coefficient (Wildman–Crippen LogP) is 4.06. The lowest BCUT2D eigenvalue weighted by Crippen LogP contribution is -2.27. The van der Waals surface area contributed by atoms with Crippen LogP contribution in [0.5, 0.6) is 17.2 Å². The number of rotatable bonds is 1. The van der Waals surface area contributed by atoms with Crippen molar-refractivity contribution >= 4 is 17.0 Å². The Kier molecular flexibility index (Phi) is 3.15. The quantitative estimate of drug-likeness (QED) is 0.700. The number of ether oxygens (including phenoxy) is 1. The summed E-state index contributed by atoms with van der Waals surface area (Å²) in [7, 11) is 0. The minimum Gasteiger partial charge on any atom is -0.508 e. The fourth-order valence-electron chi connectivity index (χ4n) is 2.86. The van der Waals surface area contributed by atoms with Crippen molar-refractivity contribution < 1.29 is 19.4 Å². The maximum absolute atomic E-state index is 12.6. The van der Waals surface area contributed by atoms with Gasteiger partial charge in [0.05, 0.1) is 5.39 Å². The molecule has 1 aliphatic rings. The molecular weight excluding hydrogens is 320 g/mol. The van der Waals surface area contributed by atoms with Gasteiger partial charge in [-0.1, -0.05) is 6.08 Å². The number of hydrogen-bond donors (Lipinski definition) is 2. The summed E-state index contributed by atoms with van der Waals surface area (Å²) < 4.78 is 11.7. The van der Waals surface area contributed by atoms with Crippen LogP contribution in [0, 0.1) is 0 Å². The lowest BCUT2D eigenvalue weighted by Gasteiger charge is -2.27. The van der Waals surface area contributed by atoms with Gasteiger partial charge in [-0.25, -0.2) is 0 Å². The molecular formula is C20H16O5. The highest BCUT2D eigenvalue weighted by Crippen LogP contribution is 2.36. The molecule has 4 rings (SSSR count). The average Bonchev–Trinajstić information content (AvgIpc) is 2.57. The van der Waals surface area contributed by atoms with Crippen LogP contribution in [-0.4, -0.2) is 15.8 Å². The number of phenolic OH excluding ortho intramolecular Hbond substituents is 1. The van der Waals surface area contributed by atoms with E-state index in [0.29, 0.717) is 16.9 Å². The molecule has 25 heavy (non-hydrogen) atoms. The third-order valence-corrected chi connectivity index (χ3v) is 4.17. The second-order valence-electron chi connectivity index (χ2n) is 6.58. The Labute approximate surface area is 143 Å². The zero-order valence-electron chi connectivity index (χ0n) is 13.7. The number of hydrogen-bond acceptors (Lipinski definition) is 5. The molecule has 2 heterocycles. The number of phenols is 1. The molecule has 0 radical (unpaired) electrons. The topological polar surface area (TPSA) is 79.9 Å². The number of fused-ring (bicyclic) bond motifs is 2. The van der Waals surface area contributed by atoms with E-state index in [1.54, 1.807) is 24.3 Å². The lowest BCUT2D eigenvalue weighted by molar-refractivity contribution is 0.159. The third-order valence-electron chi connectivity index (χ3n) is 4.17. The summed E-state index contributed by atoms with van der Waals surface area (Å²) in [6, 6.07) is 9.38. The van der Waals surface area contributed by atoms with E-state index in [0.717, 1.165) is 5.56 Å². The van der Waals surface area contributed by atoms with E-state index in [1.807, 2.05) is 26.0 Å². The highest BCUT2D eigenvalue weighted by atomic mass is 16.5. The molecule has 2 aromatic carbocycles. The van der Waals surface area contributed by atoms with Gasteiger partial charge in [0.1, 0.15) is 22.7 Å². The van der Waals surface area contributed by atoms with E-state index < -0.39 is 16.8 Å². The Morgan fingerprint density at radius 2 is 1.76 bits per heavy atom. The first-order chi connectivity index (χ1) is 11.8. The van der Waals surface area contributed by atoms with Crippen LogP contribution in [0.2, 0.25) is 0 Å². The van der Waals surface area contributed by atoms with Crippen molar-refractivity contribution in [2.45, 2.75) is 19.4 Å². The second kappa shape index (κ2) is 5.14. The van der Waals surface area contributed by atoms with Gasteiger partial charge in [-0.3, -0.25) is 4.79 Å². The summed E-state index contributed by atoms with van der Waals surface area (Å²) in [5, 5.41) is 20.0. The van der Waals surface area contributed by atoms with E-state index in [2.05, 4.69) is 0 Å². The Balaban J connectivity index is 1.96. The highest BCUT2D eigenvalue weighted by molar-refractivity contribution is 5.86. The lowest BCUT2D eigenvalue weighted by atomic mass is 10.0. The molecule has 1 aliphatic heterocycles. The van der Waals surface area contributed by atoms with Crippen LogP contribution in [0.4, 0.5) is 0 Å². The van der Waals surface area contributed by atoms with Crippen LogP contribution >= 0.6 is 0 Å². The Morgan fingerprint density at radius 1 is 1.04 bits per heavy atom. The van der Waals surface area contributed by atoms with Crippen LogP contribution in [0.1, 0.15) is 19.4 Å². The molecule has 0 atom stereocenters. The molecule has 5 nitrogen and oxygen atoms in total. The summed E-state index contributed by atoms with van der Waals surface area (Å²) in [4.78, 5) is 12.6. The van der Waals surface area contributed by atoms with Crippen molar-refractivity contribution in [3.05, 3.63) is 58.3 Å². The van der Waals surface area contributed by atoms with Gasteiger partial charge in [-0.05, 0) is 50.3 Å². The molecule has 3 aromatic rings. The van der Waals surface area contributed by atoms with Crippen molar-refractivity contribution in [3.8, 4) is 28.6 Å². The first-order valence-electron chi connectivity index (χ1n) is 7.85. The van der Waals surface area contributed by atoms with Crippen molar-refractivity contribution in [1.82, 2.24) is 0 Å². The van der Waals surface area contributed by atoms with E-state index in [9.17, 15) is 15.0 Å². The van der Waals surface area contributed by atoms with Gasteiger partial charge in [-0.2, -0.15) is 0 Å². The van der Waals surface area contributed by atoms with Gasteiger partial charge in [-0.15, -0.1) is 0 Å². The van der Waals surface area contributed by atoms with Crippen LogP contribution in [0.15, 0.2) is 51.7 Å². The Hall–Kier alpha value is -3.21. The fourth-order valence-corrected chi connectivity index (χ4v) is 2.86. The fraction of sp³-hybridized carbons (Fsp3) is 0.150. The highest BCUT2D eigenvalue weighted by Gasteiger charge is 2.24. The summed E-state index contributed by atoms with van der Waals surface area (Å²) in [6.07, 6.45) is 3.80. The molecule has 5 heteroatoms. The molecule has 1 aromatic heterocycles. The predicted molar refractivity (Wildman–Crippen MR) is 95.0 cm³/mol. The summed E-state index contributed by atoms with van der Waals surface area (Å²) in [6.45, 7) is 3.87. The molecule has 0 saturated heterocycles. The van der Waals surface area contributed by atoms with Gasteiger partial charge in [0, 0.05) is 17.2 Å². The van der Waals surface area contributed by atoms with E-state index in [-0.39, 0.29) is 16.9 Å². The Bertz CT molecular complexity index is 1070. The molecule has 0 saturated carbocycles. The van der Waals surface area contributed by atoms with Crippen molar-refractivity contribution in [2.24, 2.45) is 0 Å². The third kappa shape index (κ3) is 2.54. The standard InChI is InChI=1S/C20H16O5/c1-20(2)8-7-12-9-14-16(10-15(12)25-20)24-19(18(23)17(14)22)11-3-5-13(21)6-4-11/h3-10,21,23H,1-2H3. The number of aromatic hydroxyl groups is 2. The van der Waals surface area contributed by atoms with Crippen molar-refractivity contribution in [2.75, 3.05) is 0 Å². The van der Waals surface area contributed by atoms with Gasteiger partial charge in [0.25, 0.3) is 0 Å². The molecule has 0 fully saturated rings. The summed E-state index contributed by atoms with van der Waals surface area (Å²) >= 11 is 0. The first kappa shape index (κ1) is 15.3. The maximum atomic E-state index is 12.6. The van der Waals surface area contributed by atoms with Crippen molar-refractivity contribution in [1.29, 1.82) is 0 Å². The molecule has 126 valence electrons. The van der Waals surface area contributed by atoms with Gasteiger partial charge >= 0.3 is 0 Å². The minimum absolute atomic E-state index is 0.0584. The zero-order chi connectivity index (χ0) is 17.8. The molecule has 0 aliphatic carbocycles. The largest absolute Gasteiger partial charge is 0.508 e. The SMILES string of the molecule is CC1(C)C=Cc2cc3c(=O)c(O)c(-c4ccc(O)cc4)oc3cc2O1. The van der Waals surface area contributed by atoms with Gasteiger partial charge in [0.15, 0.2) is 5.76 Å².